The van der Waals surface area contributed by atoms with Gasteiger partial charge in [0.05, 0.1) is 15.0 Å². The molecule has 0 heterocycles. The Balaban J connectivity index is 1.99. The largest absolute Gasteiger partial charge is 0.497 e. The van der Waals surface area contributed by atoms with Gasteiger partial charge in [0.25, 0.3) is 0 Å². The highest BCUT2D eigenvalue weighted by atomic mass is 16.5. The van der Waals surface area contributed by atoms with Crippen molar-refractivity contribution in [3.05, 3.63) is 70.8 Å². The fourth-order valence-electron chi connectivity index (χ4n) is 2.47. The van der Waals surface area contributed by atoms with Crippen LogP contribution in [0.15, 0.2) is 54.1 Å². The summed E-state index contributed by atoms with van der Waals surface area (Å²) < 4.78 is 5.12. The summed E-state index contributed by atoms with van der Waals surface area (Å²) in [5, 5.41) is 0. The molecule has 0 bridgehead atoms. The molecule has 20 heavy (non-hydrogen) atoms. The number of ketones is 1. The maximum atomic E-state index is 12.4. The number of ether oxygens (including phenoxy) is 1. The second-order valence-corrected chi connectivity index (χ2v) is 4.77. The first-order valence-corrected chi connectivity index (χ1v) is 6.45. The van der Waals surface area contributed by atoms with E-state index in [4.69, 9.17) is 12.6 Å². The van der Waals surface area contributed by atoms with Crippen LogP contribution in [-0.4, -0.2) is 20.7 Å². The summed E-state index contributed by atoms with van der Waals surface area (Å²) in [7, 11) is 7.80. The van der Waals surface area contributed by atoms with E-state index in [1.807, 2.05) is 54.6 Å². The molecule has 0 fully saturated rings. The summed E-state index contributed by atoms with van der Waals surface area (Å²) >= 11 is 0. The van der Waals surface area contributed by atoms with Gasteiger partial charge in [0.1, 0.15) is 5.75 Å². The Kier molecular flexibility index (Phi) is 3.19. The van der Waals surface area contributed by atoms with Gasteiger partial charge in [-0.05, 0) is 40.7 Å². The van der Waals surface area contributed by atoms with Crippen LogP contribution in [-0.2, 0) is 0 Å². The number of hydrogen-bond acceptors (Lipinski definition) is 2. The number of rotatable bonds is 2. The van der Waals surface area contributed by atoms with Crippen molar-refractivity contribution in [2.24, 2.45) is 0 Å². The van der Waals surface area contributed by atoms with Gasteiger partial charge in [0.15, 0.2) is 5.78 Å². The van der Waals surface area contributed by atoms with Crippen molar-refractivity contribution in [1.29, 1.82) is 0 Å². The number of Topliss-reactive ketones (excluding diaryl/α,β-unsaturated/α-hetero) is 1. The predicted molar refractivity (Wildman–Crippen MR) is 80.2 cm³/mol. The highest BCUT2D eigenvalue weighted by Crippen LogP contribution is 2.36. The molecular formula is C17H13BO2. The van der Waals surface area contributed by atoms with Gasteiger partial charge in [0.2, 0.25) is 0 Å². The lowest BCUT2D eigenvalue weighted by molar-refractivity contribution is 0.104. The van der Waals surface area contributed by atoms with E-state index in [1.165, 1.54) is 0 Å². The lowest BCUT2D eigenvalue weighted by Crippen LogP contribution is -1.99. The minimum atomic E-state index is -0.346. The third kappa shape index (κ3) is 2.05. The van der Waals surface area contributed by atoms with E-state index in [9.17, 15) is 4.79 Å². The maximum absolute atomic E-state index is 12.4. The molecule has 1 aliphatic carbocycles. The van der Waals surface area contributed by atoms with Crippen molar-refractivity contribution in [3.63, 3.8) is 0 Å². The first-order valence-electron chi connectivity index (χ1n) is 6.45. The van der Waals surface area contributed by atoms with Crippen LogP contribution in [0.2, 0.25) is 0 Å². The van der Waals surface area contributed by atoms with Gasteiger partial charge in [-0.3, -0.25) is 4.79 Å². The van der Waals surface area contributed by atoms with E-state index in [-0.39, 0.29) is 11.6 Å². The SMILES string of the molecule is [B]C1/C(=C\c2ccc(OC)cc2)C(=O)c2ccccc21. The smallest absolute Gasteiger partial charge is 0.189 e. The Hall–Kier alpha value is -2.29. The molecule has 2 aromatic rings. The minimum Gasteiger partial charge on any atom is -0.497 e. The third-order valence-corrected chi connectivity index (χ3v) is 3.58. The number of benzene rings is 2. The number of carbonyl (C=O) groups is 1. The Morgan fingerprint density at radius 1 is 1.10 bits per heavy atom. The van der Waals surface area contributed by atoms with Gasteiger partial charge < -0.3 is 4.74 Å². The minimum absolute atomic E-state index is 0.0175. The van der Waals surface area contributed by atoms with E-state index in [0.717, 1.165) is 16.9 Å². The second kappa shape index (κ2) is 5.01. The molecule has 0 aromatic heterocycles. The van der Waals surface area contributed by atoms with Gasteiger partial charge in [-0.25, -0.2) is 0 Å². The monoisotopic (exact) mass is 260 g/mol. The van der Waals surface area contributed by atoms with Gasteiger partial charge >= 0.3 is 0 Å². The Bertz CT molecular complexity index is 686. The lowest BCUT2D eigenvalue weighted by atomic mass is 9.79. The second-order valence-electron chi connectivity index (χ2n) is 4.77. The quantitative estimate of drug-likeness (QED) is 0.612. The van der Waals surface area contributed by atoms with E-state index in [1.54, 1.807) is 7.11 Å². The van der Waals surface area contributed by atoms with Crippen molar-refractivity contribution in [1.82, 2.24) is 0 Å². The van der Waals surface area contributed by atoms with E-state index < -0.39 is 0 Å². The molecule has 0 amide bonds. The van der Waals surface area contributed by atoms with Crippen LogP contribution in [0.5, 0.6) is 5.75 Å². The average molecular weight is 260 g/mol. The molecule has 1 unspecified atom stereocenters. The topological polar surface area (TPSA) is 26.3 Å². The molecule has 0 N–H and O–H groups in total. The van der Waals surface area contributed by atoms with E-state index in [2.05, 4.69) is 0 Å². The van der Waals surface area contributed by atoms with Crippen LogP contribution in [0.1, 0.15) is 27.3 Å². The highest BCUT2D eigenvalue weighted by Gasteiger charge is 2.30. The first kappa shape index (κ1) is 12.7. The maximum Gasteiger partial charge on any atom is 0.189 e. The van der Waals surface area contributed by atoms with Crippen LogP contribution in [0.25, 0.3) is 6.08 Å². The molecule has 0 saturated heterocycles. The molecule has 1 aliphatic rings. The summed E-state index contributed by atoms with van der Waals surface area (Å²) in [5.74, 6) is 0.460. The number of methoxy groups -OCH3 is 1. The van der Waals surface area contributed by atoms with E-state index in [0.29, 0.717) is 11.1 Å². The summed E-state index contributed by atoms with van der Waals surface area (Å²) in [5.41, 5.74) is 3.19. The Labute approximate surface area is 119 Å². The Morgan fingerprint density at radius 2 is 1.80 bits per heavy atom. The normalized spacial score (nSPS) is 19.1. The number of fused-ring (bicyclic) bond motifs is 1. The summed E-state index contributed by atoms with van der Waals surface area (Å²) in [6, 6.07) is 15.1. The molecule has 2 aromatic carbocycles. The van der Waals surface area contributed by atoms with Gasteiger partial charge in [0, 0.05) is 5.56 Å². The van der Waals surface area contributed by atoms with Gasteiger partial charge in [-0.1, -0.05) is 36.4 Å². The molecule has 2 radical (unpaired) electrons. The summed E-state index contributed by atoms with van der Waals surface area (Å²) in [4.78, 5) is 12.4. The first-order chi connectivity index (χ1) is 9.70. The molecule has 0 aliphatic heterocycles. The van der Waals surface area contributed by atoms with Gasteiger partial charge in [-0.15, -0.1) is 0 Å². The van der Waals surface area contributed by atoms with Crippen molar-refractivity contribution in [2.45, 2.75) is 5.82 Å². The number of carbonyl (C=O) groups excluding carboxylic acids is 1. The highest BCUT2D eigenvalue weighted by molar-refractivity contribution is 6.28. The molecule has 1 atom stereocenters. The van der Waals surface area contributed by atoms with E-state index >= 15 is 0 Å². The zero-order valence-electron chi connectivity index (χ0n) is 11.2. The molecular weight excluding hydrogens is 247 g/mol. The zero-order valence-corrected chi connectivity index (χ0v) is 11.2. The lowest BCUT2D eigenvalue weighted by Gasteiger charge is -2.06. The molecule has 96 valence electrons. The standard InChI is InChI=1S/C17H13BO2/c1-20-12-8-6-11(7-9-12)10-15-16(18)13-4-2-3-5-14(13)17(15)19/h2-10,16H,1H3/b15-10+. The van der Waals surface area contributed by atoms with Gasteiger partial charge in [-0.2, -0.15) is 0 Å². The van der Waals surface area contributed by atoms with Crippen LogP contribution in [0, 0.1) is 0 Å². The van der Waals surface area contributed by atoms with Crippen LogP contribution in [0.3, 0.4) is 0 Å². The number of allylic oxidation sites excluding steroid dienone is 1. The Morgan fingerprint density at radius 3 is 2.45 bits per heavy atom. The molecule has 0 saturated carbocycles. The van der Waals surface area contributed by atoms with Crippen molar-refractivity contribution < 1.29 is 9.53 Å². The summed E-state index contributed by atoms with van der Waals surface area (Å²) in [6.45, 7) is 0. The number of hydrogen-bond donors (Lipinski definition) is 0. The van der Waals surface area contributed by atoms with Crippen LogP contribution in [0.4, 0.5) is 0 Å². The fourth-order valence-corrected chi connectivity index (χ4v) is 2.47. The van der Waals surface area contributed by atoms with Crippen LogP contribution >= 0.6 is 0 Å². The third-order valence-electron chi connectivity index (χ3n) is 3.58. The molecule has 2 nitrogen and oxygen atoms in total. The molecule has 0 spiro atoms. The van der Waals surface area contributed by atoms with Crippen LogP contribution < -0.4 is 4.74 Å². The van der Waals surface area contributed by atoms with Crippen molar-refractivity contribution >= 4 is 19.7 Å². The zero-order chi connectivity index (χ0) is 14.1. The molecule has 3 rings (SSSR count). The predicted octanol–water partition coefficient (Wildman–Crippen LogP) is 3.18. The summed E-state index contributed by atoms with van der Waals surface area (Å²) in [6.07, 6.45) is 1.85. The van der Waals surface area contributed by atoms with Crippen molar-refractivity contribution in [2.75, 3.05) is 7.11 Å². The van der Waals surface area contributed by atoms with Crippen molar-refractivity contribution in [3.8, 4) is 5.75 Å². The fraction of sp³-hybridized carbons (Fsp3) is 0.118. The average Bonchev–Trinajstić information content (AvgIpc) is 2.74. The molecule has 3 heteroatoms.